The molecular formula is C18H11BrClFN2O3. The van der Waals surface area contributed by atoms with Crippen molar-refractivity contribution in [3.8, 4) is 0 Å². The maximum atomic E-state index is 13.2. The van der Waals surface area contributed by atoms with Gasteiger partial charge in [-0.25, -0.2) is 4.39 Å². The summed E-state index contributed by atoms with van der Waals surface area (Å²) in [6.07, 6.45) is 0. The molecule has 2 aromatic carbocycles. The highest BCUT2D eigenvalue weighted by atomic mass is 79.9. The van der Waals surface area contributed by atoms with Crippen LogP contribution in [0.2, 0.25) is 5.02 Å². The normalized spacial score (nSPS) is 10.4. The Morgan fingerprint density at radius 2 is 1.69 bits per heavy atom. The van der Waals surface area contributed by atoms with Gasteiger partial charge in [-0.1, -0.05) is 17.7 Å². The van der Waals surface area contributed by atoms with Gasteiger partial charge in [0.1, 0.15) is 5.82 Å². The lowest BCUT2D eigenvalue weighted by Gasteiger charge is -2.08. The van der Waals surface area contributed by atoms with E-state index in [1.165, 1.54) is 24.3 Å². The number of nitrogens with one attached hydrogen (secondary N) is 2. The minimum atomic E-state index is -0.570. The highest BCUT2D eigenvalue weighted by Crippen LogP contribution is 2.21. The average Bonchev–Trinajstić information content (AvgIpc) is 3.05. The molecule has 3 aromatic rings. The first kappa shape index (κ1) is 18.2. The molecule has 2 N–H and O–H groups in total. The molecule has 5 nitrogen and oxygen atoms in total. The van der Waals surface area contributed by atoms with Crippen LogP contribution in [0.4, 0.5) is 15.8 Å². The molecule has 3 rings (SSSR count). The highest BCUT2D eigenvalue weighted by Gasteiger charge is 2.13. The topological polar surface area (TPSA) is 71.3 Å². The number of halogens is 3. The number of anilines is 2. The van der Waals surface area contributed by atoms with Crippen molar-refractivity contribution in [3.05, 3.63) is 81.4 Å². The first-order valence-electron chi connectivity index (χ1n) is 7.35. The quantitative estimate of drug-likeness (QED) is 0.579. The molecule has 8 heteroatoms. The van der Waals surface area contributed by atoms with Crippen molar-refractivity contribution < 1.29 is 18.4 Å². The lowest BCUT2D eigenvalue weighted by molar-refractivity contribution is 0.0992. The van der Waals surface area contributed by atoms with E-state index in [9.17, 15) is 14.0 Å². The lowest BCUT2D eigenvalue weighted by Crippen LogP contribution is -2.14. The van der Waals surface area contributed by atoms with Crippen LogP contribution in [0, 0.1) is 5.82 Å². The van der Waals surface area contributed by atoms with Crippen molar-refractivity contribution in [3.63, 3.8) is 0 Å². The fourth-order valence-corrected chi connectivity index (χ4v) is 2.63. The SMILES string of the molecule is O=C(Nc1ccc(F)c(Cl)c1)c1cccc(NC(=O)c2ccc(Br)o2)c1. The third-order valence-corrected chi connectivity index (χ3v) is 4.07. The maximum Gasteiger partial charge on any atom is 0.291 e. The number of hydrogen-bond acceptors (Lipinski definition) is 3. The van der Waals surface area contributed by atoms with Crippen LogP contribution in [0.15, 0.2) is 63.7 Å². The molecule has 0 unspecified atom stereocenters. The first-order chi connectivity index (χ1) is 12.4. The molecule has 0 aliphatic carbocycles. The summed E-state index contributed by atoms with van der Waals surface area (Å²) in [6, 6.07) is 13.4. The molecule has 0 atom stereocenters. The van der Waals surface area contributed by atoms with Crippen molar-refractivity contribution in [2.24, 2.45) is 0 Å². The molecule has 0 saturated carbocycles. The number of carbonyl (C=O) groups excluding carboxylic acids is 2. The fourth-order valence-electron chi connectivity index (χ4n) is 2.14. The Morgan fingerprint density at radius 3 is 2.38 bits per heavy atom. The maximum absolute atomic E-state index is 13.2. The van der Waals surface area contributed by atoms with Gasteiger partial charge in [-0.3, -0.25) is 9.59 Å². The Hall–Kier alpha value is -2.64. The summed E-state index contributed by atoms with van der Waals surface area (Å²) < 4.78 is 18.8. The van der Waals surface area contributed by atoms with Gasteiger partial charge in [0.2, 0.25) is 0 Å². The monoisotopic (exact) mass is 436 g/mol. The van der Waals surface area contributed by atoms with Crippen LogP contribution in [0.5, 0.6) is 0 Å². The third-order valence-electron chi connectivity index (χ3n) is 3.36. The first-order valence-corrected chi connectivity index (χ1v) is 8.52. The second-order valence-corrected chi connectivity index (χ2v) is 6.41. The van der Waals surface area contributed by atoms with Crippen molar-refractivity contribution >= 4 is 50.7 Å². The van der Waals surface area contributed by atoms with E-state index in [1.54, 1.807) is 24.3 Å². The van der Waals surface area contributed by atoms with E-state index < -0.39 is 17.6 Å². The van der Waals surface area contributed by atoms with Gasteiger partial charge >= 0.3 is 0 Å². The van der Waals surface area contributed by atoms with Gasteiger partial charge in [-0.05, 0) is 64.5 Å². The molecule has 0 aliphatic heterocycles. The molecule has 0 fully saturated rings. The Labute approximate surface area is 161 Å². The Kier molecular flexibility index (Phi) is 5.39. The average molecular weight is 438 g/mol. The van der Waals surface area contributed by atoms with Gasteiger partial charge in [0.15, 0.2) is 10.4 Å². The molecule has 26 heavy (non-hydrogen) atoms. The summed E-state index contributed by atoms with van der Waals surface area (Å²) in [5.74, 6) is -1.31. The van der Waals surface area contributed by atoms with Crippen LogP contribution in [0.3, 0.4) is 0 Å². The third kappa shape index (κ3) is 4.30. The van der Waals surface area contributed by atoms with Crippen LogP contribution in [0.1, 0.15) is 20.9 Å². The smallest absolute Gasteiger partial charge is 0.291 e. The molecule has 1 aromatic heterocycles. The number of carbonyl (C=O) groups is 2. The molecular weight excluding hydrogens is 427 g/mol. The van der Waals surface area contributed by atoms with E-state index in [0.717, 1.165) is 6.07 Å². The summed E-state index contributed by atoms with van der Waals surface area (Å²) >= 11 is 8.82. The second kappa shape index (κ2) is 7.72. The molecule has 0 bridgehead atoms. The fraction of sp³-hybridized carbons (Fsp3) is 0. The number of hydrogen-bond donors (Lipinski definition) is 2. The van der Waals surface area contributed by atoms with Gasteiger partial charge in [0.25, 0.3) is 11.8 Å². The Morgan fingerprint density at radius 1 is 0.962 bits per heavy atom. The van der Waals surface area contributed by atoms with Gasteiger partial charge in [-0.2, -0.15) is 0 Å². The predicted molar refractivity (Wildman–Crippen MR) is 100 cm³/mol. The number of rotatable bonds is 4. The van der Waals surface area contributed by atoms with E-state index in [4.69, 9.17) is 16.0 Å². The number of amides is 2. The minimum Gasteiger partial charge on any atom is -0.444 e. The summed E-state index contributed by atoms with van der Waals surface area (Å²) in [5, 5.41) is 5.17. The minimum absolute atomic E-state index is 0.0894. The summed E-state index contributed by atoms with van der Waals surface area (Å²) in [6.45, 7) is 0. The van der Waals surface area contributed by atoms with Crippen LogP contribution in [0.25, 0.3) is 0 Å². The second-order valence-electron chi connectivity index (χ2n) is 5.22. The molecule has 0 spiro atoms. The molecule has 132 valence electrons. The van der Waals surface area contributed by atoms with Gasteiger partial charge in [-0.15, -0.1) is 0 Å². The Bertz CT molecular complexity index is 990. The predicted octanol–water partition coefficient (Wildman–Crippen LogP) is 5.34. The summed E-state index contributed by atoms with van der Waals surface area (Å²) in [5.41, 5.74) is 1.09. The zero-order chi connectivity index (χ0) is 18.7. The molecule has 0 radical (unpaired) electrons. The largest absolute Gasteiger partial charge is 0.444 e. The van der Waals surface area contributed by atoms with Crippen LogP contribution >= 0.6 is 27.5 Å². The molecule has 2 amide bonds. The zero-order valence-corrected chi connectivity index (χ0v) is 15.4. The van der Waals surface area contributed by atoms with Gasteiger partial charge in [0.05, 0.1) is 5.02 Å². The van der Waals surface area contributed by atoms with Crippen LogP contribution < -0.4 is 10.6 Å². The van der Waals surface area contributed by atoms with Crippen molar-refractivity contribution in [2.75, 3.05) is 10.6 Å². The van der Waals surface area contributed by atoms with E-state index >= 15 is 0 Å². The van der Waals surface area contributed by atoms with Crippen molar-refractivity contribution in [2.45, 2.75) is 0 Å². The van der Waals surface area contributed by atoms with Gasteiger partial charge in [0, 0.05) is 16.9 Å². The van der Waals surface area contributed by atoms with Crippen molar-refractivity contribution in [1.82, 2.24) is 0 Å². The van der Waals surface area contributed by atoms with E-state index in [0.29, 0.717) is 21.6 Å². The summed E-state index contributed by atoms with van der Waals surface area (Å²) in [7, 11) is 0. The number of furan rings is 1. The molecule has 0 saturated heterocycles. The highest BCUT2D eigenvalue weighted by molar-refractivity contribution is 9.10. The van der Waals surface area contributed by atoms with Crippen LogP contribution in [-0.2, 0) is 0 Å². The lowest BCUT2D eigenvalue weighted by atomic mass is 10.1. The van der Waals surface area contributed by atoms with Gasteiger partial charge < -0.3 is 15.1 Å². The van der Waals surface area contributed by atoms with E-state index in [-0.39, 0.29) is 10.8 Å². The van der Waals surface area contributed by atoms with E-state index in [2.05, 4.69) is 26.6 Å². The zero-order valence-electron chi connectivity index (χ0n) is 13.1. The van der Waals surface area contributed by atoms with E-state index in [1.807, 2.05) is 0 Å². The Balaban J connectivity index is 1.72. The number of benzene rings is 2. The van der Waals surface area contributed by atoms with Crippen molar-refractivity contribution in [1.29, 1.82) is 0 Å². The summed E-state index contributed by atoms with van der Waals surface area (Å²) in [4.78, 5) is 24.4. The standard InChI is InChI=1S/C18H11BrClFN2O3/c19-16-7-6-15(26-16)18(25)23-11-3-1-2-10(8-11)17(24)22-12-4-5-14(21)13(20)9-12/h1-9H,(H,22,24)(H,23,25). The molecule has 1 heterocycles. The van der Waals surface area contributed by atoms with Crippen LogP contribution in [-0.4, -0.2) is 11.8 Å². The molecule has 0 aliphatic rings.